The Hall–Kier alpha value is -2.24. The van der Waals surface area contributed by atoms with E-state index in [0.29, 0.717) is 11.6 Å². The van der Waals surface area contributed by atoms with E-state index in [2.05, 4.69) is 34.1 Å². The van der Waals surface area contributed by atoms with Crippen molar-refractivity contribution in [3.63, 3.8) is 0 Å². The number of amides is 1. The minimum Gasteiger partial charge on any atom is -0.348 e. The summed E-state index contributed by atoms with van der Waals surface area (Å²) in [6.07, 6.45) is 10.9. The zero-order valence-corrected chi connectivity index (χ0v) is 13.7. The maximum absolute atomic E-state index is 12.6. The van der Waals surface area contributed by atoms with Crippen molar-refractivity contribution in [3.8, 4) is 5.95 Å². The number of carbonyl (C=O) groups excluding carboxylic acids is 1. The van der Waals surface area contributed by atoms with E-state index in [-0.39, 0.29) is 17.9 Å². The first kappa shape index (κ1) is 15.6. The van der Waals surface area contributed by atoms with E-state index < -0.39 is 0 Å². The molecule has 2 aromatic heterocycles. The Balaban J connectivity index is 1.86. The molecule has 0 radical (unpaired) electrons. The number of aromatic nitrogens is 4. The van der Waals surface area contributed by atoms with E-state index in [9.17, 15) is 4.79 Å². The molecule has 3 rings (SSSR count). The fourth-order valence-electron chi connectivity index (χ4n) is 2.86. The van der Waals surface area contributed by atoms with Crippen LogP contribution >= 0.6 is 0 Å². The molecule has 0 atom stereocenters. The van der Waals surface area contributed by atoms with E-state index in [4.69, 9.17) is 0 Å². The lowest BCUT2D eigenvalue weighted by Gasteiger charge is -2.22. The largest absolute Gasteiger partial charge is 0.348 e. The van der Waals surface area contributed by atoms with Gasteiger partial charge in [0.05, 0.1) is 0 Å². The Kier molecular flexibility index (Phi) is 4.69. The highest BCUT2D eigenvalue weighted by Crippen LogP contribution is 2.19. The minimum atomic E-state index is -0.109. The van der Waals surface area contributed by atoms with Crippen molar-refractivity contribution in [1.29, 1.82) is 0 Å². The molecule has 1 saturated carbocycles. The summed E-state index contributed by atoms with van der Waals surface area (Å²) in [4.78, 5) is 25.6. The third-order valence-electron chi connectivity index (χ3n) is 4.23. The smallest absolute Gasteiger partial charge is 0.270 e. The van der Waals surface area contributed by atoms with Gasteiger partial charge in [-0.25, -0.2) is 15.0 Å². The molecule has 0 spiro atoms. The molecule has 1 amide bonds. The van der Waals surface area contributed by atoms with Crippen molar-refractivity contribution < 1.29 is 4.79 Å². The van der Waals surface area contributed by atoms with Crippen molar-refractivity contribution in [1.82, 2.24) is 24.8 Å². The summed E-state index contributed by atoms with van der Waals surface area (Å²) < 4.78 is 1.73. The molecule has 0 aromatic carbocycles. The Morgan fingerprint density at radius 3 is 2.70 bits per heavy atom. The van der Waals surface area contributed by atoms with Crippen LogP contribution in [0.4, 0.5) is 0 Å². The predicted octanol–water partition coefficient (Wildman–Crippen LogP) is 2.85. The van der Waals surface area contributed by atoms with Crippen LogP contribution in [-0.2, 0) is 0 Å². The van der Waals surface area contributed by atoms with Crippen LogP contribution in [0.1, 0.15) is 68.1 Å². The summed E-state index contributed by atoms with van der Waals surface area (Å²) >= 11 is 0. The van der Waals surface area contributed by atoms with Gasteiger partial charge in [-0.15, -0.1) is 0 Å². The van der Waals surface area contributed by atoms with Crippen LogP contribution in [0.25, 0.3) is 5.95 Å². The highest BCUT2D eigenvalue weighted by atomic mass is 16.1. The summed E-state index contributed by atoms with van der Waals surface area (Å²) in [5.41, 5.74) is 1.29. The topological polar surface area (TPSA) is 72.7 Å². The molecule has 122 valence electrons. The molecule has 0 bridgehead atoms. The second-order valence-corrected chi connectivity index (χ2v) is 6.41. The number of hydrogen-bond donors (Lipinski definition) is 1. The number of nitrogens with zero attached hydrogens (tertiary/aromatic N) is 4. The first-order valence-electron chi connectivity index (χ1n) is 8.31. The second-order valence-electron chi connectivity index (χ2n) is 6.41. The lowest BCUT2D eigenvalue weighted by atomic mass is 9.95. The van der Waals surface area contributed by atoms with Gasteiger partial charge in [-0.3, -0.25) is 9.36 Å². The minimum absolute atomic E-state index is 0.109. The molecule has 23 heavy (non-hydrogen) atoms. The standard InChI is InChI=1S/C17H23N5O/c1-12(2)14-10-15(16(23)19-13-6-4-3-5-7-13)21-17(20-14)22-9-8-18-11-22/h8-13H,3-7H2,1-2H3,(H,19,23). The van der Waals surface area contributed by atoms with E-state index >= 15 is 0 Å². The van der Waals surface area contributed by atoms with Crippen LogP contribution in [0.3, 0.4) is 0 Å². The monoisotopic (exact) mass is 313 g/mol. The highest BCUT2D eigenvalue weighted by molar-refractivity contribution is 5.92. The summed E-state index contributed by atoms with van der Waals surface area (Å²) in [7, 11) is 0. The van der Waals surface area contributed by atoms with Gasteiger partial charge in [0.1, 0.15) is 12.0 Å². The highest BCUT2D eigenvalue weighted by Gasteiger charge is 2.19. The molecule has 0 aliphatic heterocycles. The summed E-state index contributed by atoms with van der Waals surface area (Å²) in [6.45, 7) is 4.12. The fraction of sp³-hybridized carbons (Fsp3) is 0.529. The van der Waals surface area contributed by atoms with Gasteiger partial charge < -0.3 is 5.32 Å². The van der Waals surface area contributed by atoms with E-state index in [1.807, 2.05) is 0 Å². The van der Waals surface area contributed by atoms with Crippen LogP contribution in [0.5, 0.6) is 0 Å². The van der Waals surface area contributed by atoms with E-state index in [1.165, 1.54) is 19.3 Å². The molecule has 0 unspecified atom stereocenters. The average Bonchev–Trinajstić information content (AvgIpc) is 3.10. The van der Waals surface area contributed by atoms with Gasteiger partial charge >= 0.3 is 0 Å². The number of rotatable bonds is 4. The fourth-order valence-corrected chi connectivity index (χ4v) is 2.86. The van der Waals surface area contributed by atoms with Gasteiger partial charge in [-0.1, -0.05) is 33.1 Å². The number of imidazole rings is 1. The van der Waals surface area contributed by atoms with E-state index in [1.54, 1.807) is 29.4 Å². The van der Waals surface area contributed by atoms with Gasteiger partial charge in [0.15, 0.2) is 0 Å². The molecular weight excluding hydrogens is 290 g/mol. The Morgan fingerprint density at radius 1 is 1.26 bits per heavy atom. The number of nitrogens with one attached hydrogen (secondary N) is 1. The molecular formula is C17H23N5O. The van der Waals surface area contributed by atoms with Crippen LogP contribution < -0.4 is 5.32 Å². The molecule has 1 fully saturated rings. The summed E-state index contributed by atoms with van der Waals surface area (Å²) in [5.74, 6) is 0.603. The maximum Gasteiger partial charge on any atom is 0.270 e. The summed E-state index contributed by atoms with van der Waals surface area (Å²) in [5, 5.41) is 3.12. The average molecular weight is 313 g/mol. The molecule has 1 aliphatic rings. The number of hydrogen-bond acceptors (Lipinski definition) is 4. The van der Waals surface area contributed by atoms with Gasteiger partial charge in [0.2, 0.25) is 5.95 Å². The van der Waals surface area contributed by atoms with Crippen LogP contribution in [0.15, 0.2) is 24.8 Å². The third kappa shape index (κ3) is 3.75. The zero-order valence-electron chi connectivity index (χ0n) is 13.7. The van der Waals surface area contributed by atoms with Gasteiger partial charge in [-0.2, -0.15) is 0 Å². The van der Waals surface area contributed by atoms with Crippen LogP contribution in [0.2, 0.25) is 0 Å². The van der Waals surface area contributed by atoms with Crippen molar-refractivity contribution in [3.05, 3.63) is 36.2 Å². The Bertz CT molecular complexity index is 660. The van der Waals surface area contributed by atoms with Crippen molar-refractivity contribution in [2.24, 2.45) is 0 Å². The molecule has 1 N–H and O–H groups in total. The molecule has 6 heteroatoms. The van der Waals surface area contributed by atoms with E-state index in [0.717, 1.165) is 18.5 Å². The molecule has 2 aromatic rings. The van der Waals surface area contributed by atoms with Crippen molar-refractivity contribution in [2.45, 2.75) is 57.9 Å². The maximum atomic E-state index is 12.6. The van der Waals surface area contributed by atoms with Crippen molar-refractivity contribution in [2.75, 3.05) is 0 Å². The predicted molar refractivity (Wildman–Crippen MR) is 87.6 cm³/mol. The quantitative estimate of drug-likeness (QED) is 0.942. The summed E-state index contributed by atoms with van der Waals surface area (Å²) in [6, 6.07) is 2.06. The SMILES string of the molecule is CC(C)c1cc(C(=O)NC2CCCCC2)nc(-n2ccnc2)n1. The zero-order chi connectivity index (χ0) is 16.2. The molecule has 1 aliphatic carbocycles. The van der Waals surface area contributed by atoms with Gasteiger partial charge in [0.25, 0.3) is 5.91 Å². The van der Waals surface area contributed by atoms with Crippen LogP contribution in [-0.4, -0.2) is 31.5 Å². The second kappa shape index (κ2) is 6.89. The number of carbonyl (C=O) groups is 1. The molecule has 2 heterocycles. The van der Waals surface area contributed by atoms with Gasteiger partial charge in [0, 0.05) is 24.1 Å². The Morgan fingerprint density at radius 2 is 2.04 bits per heavy atom. The lowest BCUT2D eigenvalue weighted by Crippen LogP contribution is -2.36. The first-order valence-corrected chi connectivity index (χ1v) is 8.31. The lowest BCUT2D eigenvalue weighted by molar-refractivity contribution is 0.0922. The molecule has 0 saturated heterocycles. The molecule has 6 nitrogen and oxygen atoms in total. The van der Waals surface area contributed by atoms with Gasteiger partial charge in [-0.05, 0) is 24.8 Å². The van der Waals surface area contributed by atoms with Crippen LogP contribution in [0, 0.1) is 0 Å². The normalized spacial score (nSPS) is 15.8. The Labute approximate surface area is 136 Å². The first-order chi connectivity index (χ1) is 11.1. The van der Waals surface area contributed by atoms with Crippen molar-refractivity contribution >= 4 is 5.91 Å². The third-order valence-corrected chi connectivity index (χ3v) is 4.23.